The second-order valence-electron chi connectivity index (χ2n) is 8.72. The van der Waals surface area contributed by atoms with Crippen molar-refractivity contribution < 1.29 is 18.7 Å². The minimum atomic E-state index is -0.739. The highest BCUT2D eigenvalue weighted by Gasteiger charge is 2.17. The van der Waals surface area contributed by atoms with E-state index in [0.717, 1.165) is 21.7 Å². The van der Waals surface area contributed by atoms with Crippen molar-refractivity contribution in [3.8, 4) is 11.6 Å². The van der Waals surface area contributed by atoms with Crippen LogP contribution in [0.3, 0.4) is 0 Å². The highest BCUT2D eigenvalue weighted by molar-refractivity contribution is 7.15. The summed E-state index contributed by atoms with van der Waals surface area (Å²) in [6.07, 6.45) is 7.23. The van der Waals surface area contributed by atoms with E-state index in [-0.39, 0.29) is 35.4 Å². The van der Waals surface area contributed by atoms with Crippen LogP contribution in [0.1, 0.15) is 47.3 Å². The molecule has 0 aliphatic rings. The summed E-state index contributed by atoms with van der Waals surface area (Å²) in [5.74, 6) is -1.78. The Hall–Kier alpha value is -4.11. The first kappa shape index (κ1) is 27.5. The molecule has 0 saturated carbocycles. The SMILES string of the molecule is C=C(C)/C=C\C=C(\c1nc(NC(=O)Cc2ccc(Oc3ncccc3C(N)=O)c(F)c2)sc1C)C(C)C. The van der Waals surface area contributed by atoms with E-state index in [1.165, 1.54) is 41.8 Å². The van der Waals surface area contributed by atoms with E-state index >= 15 is 0 Å². The largest absolute Gasteiger partial charge is 0.435 e. The van der Waals surface area contributed by atoms with Crippen LogP contribution in [-0.4, -0.2) is 21.8 Å². The maximum Gasteiger partial charge on any atom is 0.254 e. The monoisotopic (exact) mass is 520 g/mol. The summed E-state index contributed by atoms with van der Waals surface area (Å²) in [4.78, 5) is 33.8. The highest BCUT2D eigenvalue weighted by Crippen LogP contribution is 2.32. The fourth-order valence-electron chi connectivity index (χ4n) is 3.43. The molecule has 0 spiro atoms. The molecule has 0 fully saturated rings. The van der Waals surface area contributed by atoms with Gasteiger partial charge < -0.3 is 15.8 Å². The van der Waals surface area contributed by atoms with Crippen molar-refractivity contribution in [1.82, 2.24) is 9.97 Å². The molecular formula is C28H29FN4O3S. The maximum absolute atomic E-state index is 14.7. The van der Waals surface area contributed by atoms with Crippen LogP contribution in [0.5, 0.6) is 11.6 Å². The first-order chi connectivity index (χ1) is 17.5. The van der Waals surface area contributed by atoms with E-state index in [9.17, 15) is 14.0 Å². The molecule has 2 aromatic heterocycles. The summed E-state index contributed by atoms with van der Waals surface area (Å²) < 4.78 is 20.1. The minimum Gasteiger partial charge on any atom is -0.435 e. The van der Waals surface area contributed by atoms with Gasteiger partial charge in [-0.1, -0.05) is 50.3 Å². The lowest BCUT2D eigenvalue weighted by Gasteiger charge is -2.10. The number of aromatic nitrogens is 2. The molecule has 0 saturated heterocycles. The summed E-state index contributed by atoms with van der Waals surface area (Å²) in [7, 11) is 0. The summed E-state index contributed by atoms with van der Waals surface area (Å²) in [5, 5.41) is 3.28. The zero-order chi connectivity index (χ0) is 27.1. The van der Waals surface area contributed by atoms with E-state index in [4.69, 9.17) is 10.5 Å². The van der Waals surface area contributed by atoms with Gasteiger partial charge >= 0.3 is 0 Å². The summed E-state index contributed by atoms with van der Waals surface area (Å²) >= 11 is 1.38. The van der Waals surface area contributed by atoms with E-state index < -0.39 is 11.7 Å². The molecule has 3 rings (SSSR count). The smallest absolute Gasteiger partial charge is 0.254 e. The number of nitrogens with two attached hydrogens (primary N) is 1. The third-order valence-corrected chi connectivity index (χ3v) is 6.09. The molecule has 0 bridgehead atoms. The van der Waals surface area contributed by atoms with E-state index in [2.05, 4.69) is 35.7 Å². The number of carbonyl (C=O) groups is 2. The molecule has 0 unspecified atom stereocenters. The number of carbonyl (C=O) groups excluding carboxylic acids is 2. The average molecular weight is 521 g/mol. The topological polar surface area (TPSA) is 107 Å². The van der Waals surface area contributed by atoms with Crippen LogP contribution < -0.4 is 15.8 Å². The van der Waals surface area contributed by atoms with Gasteiger partial charge in [0.1, 0.15) is 5.56 Å². The van der Waals surface area contributed by atoms with Gasteiger partial charge in [-0.2, -0.15) is 0 Å². The molecule has 7 nitrogen and oxygen atoms in total. The highest BCUT2D eigenvalue weighted by atomic mass is 32.1. The van der Waals surface area contributed by atoms with Gasteiger partial charge in [-0.05, 0) is 55.2 Å². The molecule has 1 aromatic carbocycles. The Morgan fingerprint density at radius 1 is 1.30 bits per heavy atom. The number of primary amides is 1. The number of halogens is 1. The number of benzene rings is 1. The van der Waals surface area contributed by atoms with Crippen LogP contribution in [-0.2, 0) is 11.2 Å². The van der Waals surface area contributed by atoms with Gasteiger partial charge in [-0.3, -0.25) is 9.59 Å². The minimum absolute atomic E-state index is 0.0331. The molecule has 3 N–H and O–H groups in total. The second kappa shape index (κ2) is 12.2. The molecular weight excluding hydrogens is 491 g/mol. The van der Waals surface area contributed by atoms with Crippen molar-refractivity contribution in [3.63, 3.8) is 0 Å². The molecule has 0 radical (unpaired) electrons. The Bertz CT molecular complexity index is 1390. The average Bonchev–Trinajstić information content (AvgIpc) is 3.17. The number of rotatable bonds is 10. The van der Waals surface area contributed by atoms with Gasteiger partial charge in [-0.15, -0.1) is 11.3 Å². The lowest BCUT2D eigenvalue weighted by atomic mass is 9.98. The zero-order valence-electron chi connectivity index (χ0n) is 21.2. The maximum atomic E-state index is 14.7. The fourth-order valence-corrected chi connectivity index (χ4v) is 4.28. The van der Waals surface area contributed by atoms with E-state index in [1.807, 2.05) is 32.1 Å². The van der Waals surface area contributed by atoms with Crippen molar-refractivity contribution in [2.75, 3.05) is 5.32 Å². The van der Waals surface area contributed by atoms with Crippen LogP contribution in [0.2, 0.25) is 0 Å². The van der Waals surface area contributed by atoms with Gasteiger partial charge in [0.05, 0.1) is 12.1 Å². The molecule has 2 heterocycles. The molecule has 3 aromatic rings. The number of hydrogen-bond acceptors (Lipinski definition) is 6. The molecule has 2 amide bonds. The fraction of sp³-hybridized carbons (Fsp3) is 0.214. The summed E-state index contributed by atoms with van der Waals surface area (Å²) in [6.45, 7) is 11.9. The molecule has 37 heavy (non-hydrogen) atoms. The van der Waals surface area contributed by atoms with Gasteiger partial charge in [0.2, 0.25) is 11.8 Å². The first-order valence-electron chi connectivity index (χ1n) is 11.6. The number of nitrogens with zero attached hydrogens (tertiary/aromatic N) is 2. The van der Waals surface area contributed by atoms with Crippen LogP contribution in [0.25, 0.3) is 5.57 Å². The second-order valence-corrected chi connectivity index (χ2v) is 9.92. The van der Waals surface area contributed by atoms with E-state index in [1.54, 1.807) is 6.07 Å². The van der Waals surface area contributed by atoms with Crippen molar-refractivity contribution in [2.45, 2.75) is 34.1 Å². The zero-order valence-corrected chi connectivity index (χ0v) is 22.0. The standard InChI is InChI=1S/C28H29FN4O3S/c1-16(2)8-6-9-20(17(3)4)25-18(5)37-28(33-25)32-24(34)15-19-11-12-23(22(29)14-19)36-27-21(26(30)35)10-7-13-31-27/h6-14,17H,1,15H2,2-5H3,(H2,30,35)(H,32,33,34)/b8-6-,20-9+. The van der Waals surface area contributed by atoms with Crippen molar-refractivity contribution in [2.24, 2.45) is 11.7 Å². The molecule has 0 atom stereocenters. The van der Waals surface area contributed by atoms with Crippen LogP contribution in [0.15, 0.2) is 66.9 Å². The number of amides is 2. The lowest BCUT2D eigenvalue weighted by molar-refractivity contribution is -0.115. The predicted octanol–water partition coefficient (Wildman–Crippen LogP) is 6.23. The number of pyridine rings is 1. The Balaban J connectivity index is 1.71. The van der Waals surface area contributed by atoms with Crippen LogP contribution >= 0.6 is 11.3 Å². The Kier molecular flexibility index (Phi) is 9.08. The van der Waals surface area contributed by atoms with E-state index in [0.29, 0.717) is 10.7 Å². The number of thiazole rings is 1. The van der Waals surface area contributed by atoms with Crippen molar-refractivity contribution in [3.05, 3.63) is 94.4 Å². The predicted molar refractivity (Wildman–Crippen MR) is 145 cm³/mol. The molecule has 0 aliphatic heterocycles. The number of nitrogens with one attached hydrogen (secondary N) is 1. The van der Waals surface area contributed by atoms with Gasteiger partial charge in [0.15, 0.2) is 16.7 Å². The van der Waals surface area contributed by atoms with Crippen molar-refractivity contribution >= 4 is 33.9 Å². The third kappa shape index (κ3) is 7.44. The number of allylic oxidation sites excluding steroid dienone is 5. The Morgan fingerprint density at radius 3 is 2.70 bits per heavy atom. The van der Waals surface area contributed by atoms with Crippen LogP contribution in [0.4, 0.5) is 9.52 Å². The quantitative estimate of drug-likeness (QED) is 0.308. The summed E-state index contributed by atoms with van der Waals surface area (Å²) in [6, 6.07) is 7.11. The summed E-state index contributed by atoms with van der Waals surface area (Å²) in [5.41, 5.74) is 8.62. The number of aryl methyl sites for hydroxylation is 1. The Morgan fingerprint density at radius 2 is 2.05 bits per heavy atom. The van der Waals surface area contributed by atoms with Crippen molar-refractivity contribution in [1.29, 1.82) is 0 Å². The van der Waals surface area contributed by atoms with Crippen LogP contribution in [0, 0.1) is 18.7 Å². The molecule has 0 aliphatic carbocycles. The third-order valence-electron chi connectivity index (χ3n) is 5.20. The van der Waals surface area contributed by atoms with Gasteiger partial charge in [0.25, 0.3) is 5.91 Å². The van der Waals surface area contributed by atoms with Gasteiger partial charge in [0, 0.05) is 11.1 Å². The first-order valence-corrected chi connectivity index (χ1v) is 12.4. The normalized spacial score (nSPS) is 11.7. The Labute approximate surface area is 219 Å². The number of hydrogen-bond donors (Lipinski definition) is 2. The molecule has 9 heteroatoms. The lowest BCUT2D eigenvalue weighted by Crippen LogP contribution is -2.14. The molecule has 192 valence electrons. The number of ether oxygens (including phenoxy) is 1. The number of anilines is 1. The van der Waals surface area contributed by atoms with Gasteiger partial charge in [-0.25, -0.2) is 14.4 Å².